The molecule has 0 saturated heterocycles. The molecule has 6 nitrogen and oxygen atoms in total. The van der Waals surface area contributed by atoms with Crippen molar-refractivity contribution < 1.29 is 48.0 Å². The third kappa shape index (κ3) is 619000. The molecule has 11 heavy (non-hydrogen) atoms. The summed E-state index contributed by atoms with van der Waals surface area (Å²) >= 11 is 4.53. The van der Waals surface area contributed by atoms with E-state index in [9.17, 15) is 0 Å². The summed E-state index contributed by atoms with van der Waals surface area (Å²) in [4.78, 5) is 22.5. The first-order valence-electron chi connectivity index (χ1n) is 0.755. The molecule has 0 bridgehead atoms. The maximum atomic E-state index is 7.50. The van der Waals surface area contributed by atoms with Crippen LogP contribution in [0, 0.1) is 0 Å². The fourth-order valence-electron chi connectivity index (χ4n) is 0. The Kier molecular flexibility index (Phi) is 4860000. The zero-order valence-corrected chi connectivity index (χ0v) is 9.28. The van der Waals surface area contributed by atoms with Crippen molar-refractivity contribution in [2.45, 2.75) is 0 Å². The van der Waals surface area contributed by atoms with Gasteiger partial charge in [-0.25, -0.2) is 0 Å². The van der Waals surface area contributed by atoms with Crippen molar-refractivity contribution >= 4 is 33.8 Å². The topological polar surface area (TPSA) is 146 Å². The van der Waals surface area contributed by atoms with Gasteiger partial charge in [0, 0.05) is 0 Å². The summed E-state index contributed by atoms with van der Waals surface area (Å²) in [5.41, 5.74) is 0. The molecule has 0 rings (SSSR count). The average molecular weight is 404 g/mol. The van der Waals surface area contributed by atoms with Crippen molar-refractivity contribution in [1.29, 1.82) is 0 Å². The first-order valence-corrected chi connectivity index (χ1v) is 6.69. The van der Waals surface area contributed by atoms with Crippen molar-refractivity contribution in [3.8, 4) is 0 Å². The molecule has 0 aliphatic rings. The smallest absolute Gasteiger partial charge is 0.281 e. The van der Waals surface area contributed by atoms with Crippen LogP contribution >= 0.6 is 13.4 Å². The summed E-state index contributed by atoms with van der Waals surface area (Å²) in [6, 6.07) is 0. The van der Waals surface area contributed by atoms with Crippen molar-refractivity contribution in [3.05, 3.63) is 0 Å². The standard InChI is InChI=1S/3CO.BrH.3H2O.Re/c3*1-2;;;;;/h;;;1H;3*1H2;/q;;;;;;;+1/p-1. The van der Waals surface area contributed by atoms with Gasteiger partial charge < -0.3 is 16.4 Å². The Morgan fingerprint density at radius 1 is 0.636 bits per heavy atom. The van der Waals surface area contributed by atoms with E-state index in [-0.39, 0.29) is 16.4 Å². The average Bonchev–Trinajstić information content (AvgIpc) is 2.03. The van der Waals surface area contributed by atoms with Gasteiger partial charge in [-0.2, -0.15) is 0 Å². The largest absolute Gasteiger partial charge is 0.281 e. The van der Waals surface area contributed by atoms with E-state index in [1.165, 1.54) is 17.2 Å². The third-order valence-electron chi connectivity index (χ3n) is 0. The van der Waals surface area contributed by atoms with Gasteiger partial charge in [0.25, 0.3) is 20.4 Å². The van der Waals surface area contributed by atoms with Crippen molar-refractivity contribution in [3.63, 3.8) is 0 Å². The minimum Gasteiger partial charge on any atom is -0.281 e. The van der Waals surface area contributed by atoms with E-state index in [0.717, 1.165) is 0 Å². The normalized spacial score (nSPS) is 1.64. The van der Waals surface area contributed by atoms with Crippen LogP contribution in [0.1, 0.15) is 0 Å². The number of rotatable bonds is 0. The van der Waals surface area contributed by atoms with Gasteiger partial charge in [-0.15, -0.1) is 0 Å². The van der Waals surface area contributed by atoms with Gasteiger partial charge in [-0.1, -0.05) is 0 Å². The summed E-state index contributed by atoms with van der Waals surface area (Å²) in [6.45, 7) is 13.5. The van der Waals surface area contributed by atoms with Gasteiger partial charge in [-0.3, -0.25) is 14.4 Å². The van der Waals surface area contributed by atoms with E-state index < -0.39 is 0 Å². The Hall–Kier alpha value is 0.0323. The number of carbonyl (C=O) groups excluding carboxylic acids is 3. The van der Waals surface area contributed by atoms with Crippen LogP contribution in [0.4, 0.5) is 0 Å². The molecule has 0 spiro atoms. The zero-order chi connectivity index (χ0) is 8.00. The van der Waals surface area contributed by atoms with Crippen LogP contribution in [0.25, 0.3) is 0 Å². The van der Waals surface area contributed by atoms with E-state index in [2.05, 4.69) is 33.8 Å². The van der Waals surface area contributed by atoms with Gasteiger partial charge in [0.1, 0.15) is 0 Å². The molecule has 0 unspecified atom stereocenters. The van der Waals surface area contributed by atoms with E-state index in [1.54, 1.807) is 0 Å². The Morgan fingerprint density at radius 3 is 0.636 bits per heavy atom. The Bertz CT molecular complexity index is 22.5. The number of hydrogen-bond acceptors (Lipinski definition) is 3. The molecule has 6 radical (unpaired) electrons. The van der Waals surface area contributed by atoms with E-state index in [4.69, 9.17) is 14.4 Å². The second-order valence-corrected chi connectivity index (χ2v) is 0. The molecule has 0 aliphatic carbocycles. The molecule has 68 valence electrons. The molecule has 8 heteroatoms. The third-order valence-corrected chi connectivity index (χ3v) is 0. The minimum atomic E-state index is 0. The fraction of sp³-hybridized carbons (Fsp3) is 0. The first-order chi connectivity index (χ1) is 4.00. The predicted octanol–water partition coefficient (Wildman–Crippen LogP) is -2.82. The molecule has 0 aromatic heterocycles. The minimum absolute atomic E-state index is 0. The Labute approximate surface area is 81.9 Å². The number of hydrogen-bond donors (Lipinski definition) is 0. The van der Waals surface area contributed by atoms with Gasteiger partial charge >= 0.3 is 30.6 Å². The molecule has 0 aromatic carbocycles. The molecule has 0 fully saturated rings. The molecule has 0 aromatic rings. The maximum Gasteiger partial charge on any atom is 0.281 e. The summed E-state index contributed by atoms with van der Waals surface area (Å²) in [5, 5.41) is 0. The number of halogens is 1. The second kappa shape index (κ2) is 783000. The van der Waals surface area contributed by atoms with Crippen molar-refractivity contribution in [2.24, 2.45) is 0 Å². The summed E-state index contributed by atoms with van der Waals surface area (Å²) < 4.78 is 0. The first kappa shape index (κ1) is 68.3. The SMILES string of the molecule is O.O.O.[Br][Re].[C]=O.[C]=O.[C]=O. The second-order valence-electron chi connectivity index (χ2n) is 0. The molecule has 6 N–H and O–H groups in total. The van der Waals surface area contributed by atoms with Crippen LogP contribution < -0.4 is 0 Å². The van der Waals surface area contributed by atoms with Crippen LogP contribution in [0.15, 0.2) is 0 Å². The molecule has 0 heterocycles. The monoisotopic (exact) mass is 404 g/mol. The molecular weight excluding hydrogens is 398 g/mol. The quantitative estimate of drug-likeness (QED) is 0.429. The van der Waals surface area contributed by atoms with Gasteiger partial charge in [0.2, 0.25) is 0 Å². The van der Waals surface area contributed by atoms with Crippen LogP contribution in [-0.4, -0.2) is 36.8 Å². The molecule has 0 amide bonds. The van der Waals surface area contributed by atoms with E-state index in [1.807, 2.05) is 0 Å². The Balaban J connectivity index is -0.00000000356. The van der Waals surface area contributed by atoms with Crippen LogP contribution in [0.2, 0.25) is 0 Å². The fourth-order valence-corrected chi connectivity index (χ4v) is 0. The molecular formula is C3H6BrO6Re. The zero-order valence-electron chi connectivity index (χ0n) is 4.98. The molecule has 0 atom stereocenters. The molecule has 0 saturated carbocycles. The maximum absolute atomic E-state index is 7.50. The van der Waals surface area contributed by atoms with E-state index in [0.29, 0.717) is 0 Å². The van der Waals surface area contributed by atoms with Crippen LogP contribution in [0.3, 0.4) is 0 Å². The van der Waals surface area contributed by atoms with Crippen LogP contribution in [-0.2, 0) is 31.6 Å². The predicted molar refractivity (Wildman–Crippen MR) is 36.8 cm³/mol. The Morgan fingerprint density at radius 2 is 0.636 bits per heavy atom. The van der Waals surface area contributed by atoms with Crippen molar-refractivity contribution in [2.75, 3.05) is 0 Å². The van der Waals surface area contributed by atoms with Gasteiger partial charge in [-0.05, 0) is 0 Å². The van der Waals surface area contributed by atoms with Crippen LogP contribution in [0.5, 0.6) is 0 Å². The van der Waals surface area contributed by atoms with E-state index >= 15 is 0 Å². The summed E-state index contributed by atoms with van der Waals surface area (Å²) in [5.74, 6) is 0. The molecule has 0 aliphatic heterocycles. The van der Waals surface area contributed by atoms with Gasteiger partial charge in [0.15, 0.2) is 0 Å². The summed E-state index contributed by atoms with van der Waals surface area (Å²) in [7, 11) is 0. The summed E-state index contributed by atoms with van der Waals surface area (Å²) in [6.07, 6.45) is 0. The van der Waals surface area contributed by atoms with Gasteiger partial charge in [0.05, 0.1) is 0 Å². The van der Waals surface area contributed by atoms with Crippen molar-refractivity contribution in [1.82, 2.24) is 0 Å².